The standard InChI is InChI=1S/C20H23N3OS/c1-12(2)11-15-9-10-16-17(21)18(25-20(16)23-15)19(24)22-13(3)14-7-5-4-6-8-14/h4-10,12-13H,11,21H2,1-3H3,(H,22,24). The van der Waals surface area contributed by atoms with E-state index in [1.807, 2.05) is 49.4 Å². The summed E-state index contributed by atoms with van der Waals surface area (Å²) in [4.78, 5) is 18.7. The first kappa shape index (κ1) is 17.4. The second kappa shape index (κ2) is 7.23. The van der Waals surface area contributed by atoms with Crippen LogP contribution in [0.3, 0.4) is 0 Å². The third-order valence-corrected chi connectivity index (χ3v) is 5.24. The van der Waals surface area contributed by atoms with E-state index in [0.717, 1.165) is 27.9 Å². The fraction of sp³-hybridized carbons (Fsp3) is 0.300. The Morgan fingerprint density at radius 3 is 2.56 bits per heavy atom. The molecule has 2 aromatic heterocycles. The highest BCUT2D eigenvalue weighted by Crippen LogP contribution is 2.33. The van der Waals surface area contributed by atoms with E-state index in [1.165, 1.54) is 11.3 Å². The molecule has 3 rings (SSSR count). The molecule has 0 spiro atoms. The molecule has 0 fully saturated rings. The number of fused-ring (bicyclic) bond motifs is 1. The molecule has 0 saturated carbocycles. The molecule has 0 radical (unpaired) electrons. The van der Waals surface area contributed by atoms with Crippen molar-refractivity contribution in [3.63, 3.8) is 0 Å². The number of nitrogen functional groups attached to an aromatic ring is 1. The predicted octanol–water partition coefficient (Wildman–Crippen LogP) is 4.57. The summed E-state index contributed by atoms with van der Waals surface area (Å²) < 4.78 is 0. The van der Waals surface area contributed by atoms with Crippen molar-refractivity contribution >= 4 is 33.1 Å². The number of rotatable bonds is 5. The molecule has 1 unspecified atom stereocenters. The summed E-state index contributed by atoms with van der Waals surface area (Å²) in [5.74, 6) is 0.388. The summed E-state index contributed by atoms with van der Waals surface area (Å²) in [6, 6.07) is 13.8. The van der Waals surface area contributed by atoms with Gasteiger partial charge in [0, 0.05) is 11.1 Å². The minimum absolute atomic E-state index is 0.0808. The van der Waals surface area contributed by atoms with Crippen molar-refractivity contribution in [2.75, 3.05) is 5.73 Å². The number of nitrogens with two attached hydrogens (primary N) is 1. The van der Waals surface area contributed by atoms with Crippen LogP contribution in [0.25, 0.3) is 10.2 Å². The van der Waals surface area contributed by atoms with Crippen molar-refractivity contribution in [3.05, 3.63) is 58.6 Å². The van der Waals surface area contributed by atoms with E-state index >= 15 is 0 Å². The maximum atomic E-state index is 12.7. The fourth-order valence-electron chi connectivity index (χ4n) is 2.82. The molecule has 0 aliphatic rings. The van der Waals surface area contributed by atoms with Gasteiger partial charge >= 0.3 is 0 Å². The number of pyridine rings is 1. The number of carbonyl (C=O) groups is 1. The van der Waals surface area contributed by atoms with Crippen LogP contribution in [0.5, 0.6) is 0 Å². The summed E-state index contributed by atoms with van der Waals surface area (Å²) >= 11 is 1.36. The number of nitrogens with one attached hydrogen (secondary N) is 1. The lowest BCUT2D eigenvalue weighted by Gasteiger charge is -2.13. The first-order valence-electron chi connectivity index (χ1n) is 8.49. The van der Waals surface area contributed by atoms with Gasteiger partial charge in [0.25, 0.3) is 5.91 Å². The van der Waals surface area contributed by atoms with Crippen LogP contribution in [-0.4, -0.2) is 10.9 Å². The van der Waals surface area contributed by atoms with Gasteiger partial charge in [0.05, 0.1) is 11.7 Å². The van der Waals surface area contributed by atoms with Gasteiger partial charge in [0.2, 0.25) is 0 Å². The van der Waals surface area contributed by atoms with Gasteiger partial charge in [-0.3, -0.25) is 4.79 Å². The Morgan fingerprint density at radius 1 is 1.16 bits per heavy atom. The predicted molar refractivity (Wildman–Crippen MR) is 105 cm³/mol. The molecule has 25 heavy (non-hydrogen) atoms. The SMILES string of the molecule is CC(C)Cc1ccc2c(N)c(C(=O)NC(C)c3ccccc3)sc2n1. The molecule has 0 aliphatic heterocycles. The van der Waals surface area contributed by atoms with E-state index in [-0.39, 0.29) is 11.9 Å². The molecule has 3 N–H and O–H groups in total. The number of benzene rings is 1. The lowest BCUT2D eigenvalue weighted by atomic mass is 10.1. The Labute approximate surface area is 152 Å². The van der Waals surface area contributed by atoms with E-state index in [4.69, 9.17) is 5.73 Å². The van der Waals surface area contributed by atoms with Crippen LogP contribution in [0.2, 0.25) is 0 Å². The topological polar surface area (TPSA) is 68.0 Å². The molecular formula is C20H23N3OS. The van der Waals surface area contributed by atoms with Gasteiger partial charge in [-0.25, -0.2) is 4.98 Å². The normalized spacial score (nSPS) is 12.5. The Hall–Kier alpha value is -2.40. The second-order valence-corrected chi connectivity index (χ2v) is 7.70. The molecular weight excluding hydrogens is 330 g/mol. The average Bonchev–Trinajstić information content (AvgIpc) is 2.91. The largest absolute Gasteiger partial charge is 0.397 e. The van der Waals surface area contributed by atoms with Crippen molar-refractivity contribution in [2.24, 2.45) is 5.92 Å². The first-order valence-corrected chi connectivity index (χ1v) is 9.31. The Bertz CT molecular complexity index is 887. The Kier molecular flexibility index (Phi) is 5.04. The van der Waals surface area contributed by atoms with Crippen LogP contribution in [0.15, 0.2) is 42.5 Å². The Balaban J connectivity index is 1.85. The zero-order valence-corrected chi connectivity index (χ0v) is 15.6. The van der Waals surface area contributed by atoms with Gasteiger partial charge in [-0.1, -0.05) is 44.2 Å². The number of hydrogen-bond acceptors (Lipinski definition) is 4. The number of anilines is 1. The van der Waals surface area contributed by atoms with Crippen LogP contribution < -0.4 is 11.1 Å². The Morgan fingerprint density at radius 2 is 1.88 bits per heavy atom. The molecule has 0 bridgehead atoms. The summed E-state index contributed by atoms with van der Waals surface area (Å²) in [6.07, 6.45) is 0.917. The number of thiophene rings is 1. The van der Waals surface area contributed by atoms with Crippen LogP contribution in [0.1, 0.15) is 47.7 Å². The van der Waals surface area contributed by atoms with Gasteiger partial charge in [0.1, 0.15) is 9.71 Å². The minimum atomic E-state index is -0.151. The summed E-state index contributed by atoms with van der Waals surface area (Å²) in [5.41, 5.74) is 8.83. The molecule has 1 aromatic carbocycles. The molecule has 1 amide bonds. The maximum absolute atomic E-state index is 12.7. The monoisotopic (exact) mass is 353 g/mol. The van der Waals surface area contributed by atoms with Gasteiger partial charge in [0.15, 0.2) is 0 Å². The van der Waals surface area contributed by atoms with Crippen molar-refractivity contribution < 1.29 is 4.79 Å². The smallest absolute Gasteiger partial charge is 0.264 e. The van der Waals surface area contributed by atoms with Gasteiger partial charge in [-0.15, -0.1) is 11.3 Å². The molecule has 5 heteroatoms. The molecule has 1 atom stereocenters. The van der Waals surface area contributed by atoms with Crippen LogP contribution in [0.4, 0.5) is 5.69 Å². The van der Waals surface area contributed by atoms with Gasteiger partial charge in [-0.05, 0) is 37.0 Å². The maximum Gasteiger partial charge on any atom is 0.264 e. The van der Waals surface area contributed by atoms with E-state index in [1.54, 1.807) is 0 Å². The number of amides is 1. The average molecular weight is 353 g/mol. The highest BCUT2D eigenvalue weighted by molar-refractivity contribution is 7.21. The summed E-state index contributed by atoms with van der Waals surface area (Å²) in [5, 5.41) is 3.88. The first-order chi connectivity index (χ1) is 12.0. The number of hydrogen-bond donors (Lipinski definition) is 2. The van der Waals surface area contributed by atoms with Gasteiger partial charge < -0.3 is 11.1 Å². The number of nitrogens with zero attached hydrogens (tertiary/aromatic N) is 1. The third-order valence-electron chi connectivity index (χ3n) is 4.12. The second-order valence-electron chi connectivity index (χ2n) is 6.70. The van der Waals surface area contributed by atoms with E-state index < -0.39 is 0 Å². The molecule has 0 aliphatic carbocycles. The molecule has 130 valence electrons. The van der Waals surface area contributed by atoms with Gasteiger partial charge in [-0.2, -0.15) is 0 Å². The third kappa shape index (κ3) is 3.82. The van der Waals surface area contributed by atoms with Crippen LogP contribution in [0, 0.1) is 5.92 Å². The van der Waals surface area contributed by atoms with E-state index in [2.05, 4.69) is 24.1 Å². The number of carbonyl (C=O) groups excluding carboxylic acids is 1. The van der Waals surface area contributed by atoms with E-state index in [0.29, 0.717) is 16.5 Å². The zero-order valence-electron chi connectivity index (χ0n) is 14.7. The minimum Gasteiger partial charge on any atom is -0.397 e. The highest BCUT2D eigenvalue weighted by Gasteiger charge is 2.19. The quantitative estimate of drug-likeness (QED) is 0.706. The van der Waals surface area contributed by atoms with Crippen molar-refractivity contribution in [3.8, 4) is 0 Å². The molecule has 3 aromatic rings. The lowest BCUT2D eigenvalue weighted by molar-refractivity contribution is 0.0945. The number of aromatic nitrogens is 1. The van der Waals surface area contributed by atoms with Crippen molar-refractivity contribution in [1.29, 1.82) is 0 Å². The fourth-order valence-corrected chi connectivity index (χ4v) is 3.84. The van der Waals surface area contributed by atoms with E-state index in [9.17, 15) is 4.79 Å². The lowest BCUT2D eigenvalue weighted by Crippen LogP contribution is -2.26. The summed E-state index contributed by atoms with van der Waals surface area (Å²) in [7, 11) is 0. The van der Waals surface area contributed by atoms with Crippen LogP contribution >= 0.6 is 11.3 Å². The zero-order chi connectivity index (χ0) is 18.0. The van der Waals surface area contributed by atoms with Crippen molar-refractivity contribution in [1.82, 2.24) is 10.3 Å². The molecule has 4 nitrogen and oxygen atoms in total. The molecule has 0 saturated heterocycles. The highest BCUT2D eigenvalue weighted by atomic mass is 32.1. The van der Waals surface area contributed by atoms with Crippen LogP contribution in [-0.2, 0) is 6.42 Å². The summed E-state index contributed by atoms with van der Waals surface area (Å²) in [6.45, 7) is 6.30. The van der Waals surface area contributed by atoms with Crippen molar-refractivity contribution in [2.45, 2.75) is 33.2 Å². The molecule has 2 heterocycles.